The van der Waals surface area contributed by atoms with E-state index in [1.807, 2.05) is 38.1 Å². The summed E-state index contributed by atoms with van der Waals surface area (Å²) >= 11 is 0. The van der Waals surface area contributed by atoms with Gasteiger partial charge in [-0.3, -0.25) is 10.1 Å². The smallest absolute Gasteiger partial charge is 0.249 e. The molecule has 2 rings (SSSR count). The Bertz CT molecular complexity index is 627. The standard InChI is InChI=1S/C14H17N5O/c1-9-10(2)18-19-14(16-9)17-13(20)7-11-5-3-4-6-12(11)8-15/h3-6H,7-8,15H2,1-2H3,(H,16,17,19,20). The average Bonchev–Trinajstić information content (AvgIpc) is 2.43. The Labute approximate surface area is 117 Å². The van der Waals surface area contributed by atoms with Crippen LogP contribution in [0.3, 0.4) is 0 Å². The van der Waals surface area contributed by atoms with Crippen molar-refractivity contribution in [1.29, 1.82) is 0 Å². The highest BCUT2D eigenvalue weighted by molar-refractivity contribution is 5.90. The van der Waals surface area contributed by atoms with Crippen LogP contribution in [0.5, 0.6) is 0 Å². The first kappa shape index (κ1) is 14.1. The number of nitrogens with zero attached hydrogens (tertiary/aromatic N) is 3. The molecular formula is C14H17N5O. The number of carbonyl (C=O) groups excluding carboxylic acids is 1. The van der Waals surface area contributed by atoms with E-state index in [-0.39, 0.29) is 18.3 Å². The molecule has 0 atom stereocenters. The van der Waals surface area contributed by atoms with Crippen LogP contribution >= 0.6 is 0 Å². The van der Waals surface area contributed by atoms with Crippen molar-refractivity contribution in [2.24, 2.45) is 5.73 Å². The molecule has 0 aliphatic carbocycles. The van der Waals surface area contributed by atoms with Gasteiger partial charge in [-0.15, -0.1) is 5.10 Å². The van der Waals surface area contributed by atoms with Crippen LogP contribution in [0.1, 0.15) is 22.5 Å². The van der Waals surface area contributed by atoms with Gasteiger partial charge in [0, 0.05) is 6.54 Å². The van der Waals surface area contributed by atoms with E-state index in [1.54, 1.807) is 0 Å². The molecule has 0 aliphatic rings. The normalized spacial score (nSPS) is 10.3. The Balaban J connectivity index is 2.07. The molecular weight excluding hydrogens is 254 g/mol. The lowest BCUT2D eigenvalue weighted by Gasteiger charge is -2.08. The van der Waals surface area contributed by atoms with Crippen molar-refractivity contribution >= 4 is 11.9 Å². The SMILES string of the molecule is Cc1nnc(NC(=O)Cc2ccccc2CN)nc1C. The number of nitrogens with one attached hydrogen (secondary N) is 1. The van der Waals surface area contributed by atoms with Crippen molar-refractivity contribution in [2.45, 2.75) is 26.8 Å². The number of hydrogen-bond acceptors (Lipinski definition) is 5. The van der Waals surface area contributed by atoms with E-state index in [2.05, 4.69) is 20.5 Å². The highest BCUT2D eigenvalue weighted by Gasteiger charge is 2.09. The summed E-state index contributed by atoms with van der Waals surface area (Å²) in [5.74, 6) is 0.0410. The quantitative estimate of drug-likeness (QED) is 0.869. The van der Waals surface area contributed by atoms with Crippen LogP contribution in [0.25, 0.3) is 0 Å². The van der Waals surface area contributed by atoms with Gasteiger partial charge >= 0.3 is 0 Å². The molecule has 104 valence electrons. The Hall–Kier alpha value is -2.34. The van der Waals surface area contributed by atoms with Crippen molar-refractivity contribution in [3.05, 3.63) is 46.8 Å². The minimum absolute atomic E-state index is 0.184. The average molecular weight is 271 g/mol. The number of anilines is 1. The molecule has 1 heterocycles. The summed E-state index contributed by atoms with van der Waals surface area (Å²) in [5, 5.41) is 10.4. The number of rotatable bonds is 4. The van der Waals surface area contributed by atoms with Crippen LogP contribution in [0.15, 0.2) is 24.3 Å². The van der Waals surface area contributed by atoms with E-state index < -0.39 is 0 Å². The zero-order chi connectivity index (χ0) is 14.5. The number of aromatic nitrogens is 3. The molecule has 0 unspecified atom stereocenters. The highest BCUT2D eigenvalue weighted by atomic mass is 16.1. The number of carbonyl (C=O) groups is 1. The van der Waals surface area contributed by atoms with Crippen LogP contribution in [-0.4, -0.2) is 21.1 Å². The van der Waals surface area contributed by atoms with Crippen LogP contribution < -0.4 is 11.1 Å². The Morgan fingerprint density at radius 3 is 2.50 bits per heavy atom. The lowest BCUT2D eigenvalue weighted by molar-refractivity contribution is -0.115. The van der Waals surface area contributed by atoms with Gasteiger partial charge in [0.1, 0.15) is 0 Å². The van der Waals surface area contributed by atoms with E-state index in [1.165, 1.54) is 0 Å². The number of hydrogen-bond donors (Lipinski definition) is 2. The topological polar surface area (TPSA) is 93.8 Å². The molecule has 6 heteroatoms. The maximum atomic E-state index is 12.0. The maximum Gasteiger partial charge on any atom is 0.249 e. The maximum absolute atomic E-state index is 12.0. The predicted molar refractivity (Wildman–Crippen MR) is 76.0 cm³/mol. The molecule has 2 aromatic rings. The van der Waals surface area contributed by atoms with Gasteiger partial charge in [0.25, 0.3) is 0 Å². The second-order valence-electron chi connectivity index (χ2n) is 4.50. The van der Waals surface area contributed by atoms with Gasteiger partial charge in [-0.2, -0.15) is 5.10 Å². The van der Waals surface area contributed by atoms with Crippen molar-refractivity contribution in [1.82, 2.24) is 15.2 Å². The molecule has 0 saturated carbocycles. The molecule has 1 amide bonds. The molecule has 0 fully saturated rings. The molecule has 1 aromatic heterocycles. The second-order valence-corrected chi connectivity index (χ2v) is 4.50. The first-order valence-corrected chi connectivity index (χ1v) is 6.34. The van der Waals surface area contributed by atoms with Crippen molar-refractivity contribution < 1.29 is 4.79 Å². The van der Waals surface area contributed by atoms with E-state index in [4.69, 9.17) is 5.73 Å². The summed E-state index contributed by atoms with van der Waals surface area (Å²) in [5.41, 5.74) is 9.01. The third-order valence-electron chi connectivity index (χ3n) is 3.03. The molecule has 1 aromatic carbocycles. The van der Waals surface area contributed by atoms with Gasteiger partial charge in [0.2, 0.25) is 11.9 Å². The summed E-state index contributed by atoms with van der Waals surface area (Å²) in [6.07, 6.45) is 0.240. The van der Waals surface area contributed by atoms with E-state index in [0.717, 1.165) is 22.5 Å². The highest BCUT2D eigenvalue weighted by Crippen LogP contribution is 2.10. The van der Waals surface area contributed by atoms with E-state index >= 15 is 0 Å². The third-order valence-corrected chi connectivity index (χ3v) is 3.03. The molecule has 0 radical (unpaired) electrons. The van der Waals surface area contributed by atoms with E-state index in [0.29, 0.717) is 6.54 Å². The number of aryl methyl sites for hydroxylation is 2. The zero-order valence-electron chi connectivity index (χ0n) is 11.6. The summed E-state index contributed by atoms with van der Waals surface area (Å²) in [6.45, 7) is 4.05. The molecule has 0 spiro atoms. The van der Waals surface area contributed by atoms with Gasteiger partial charge in [0.05, 0.1) is 17.8 Å². The monoisotopic (exact) mass is 271 g/mol. The van der Waals surface area contributed by atoms with Crippen LogP contribution in [0.2, 0.25) is 0 Å². The fourth-order valence-corrected chi connectivity index (χ4v) is 1.78. The number of nitrogens with two attached hydrogens (primary N) is 1. The van der Waals surface area contributed by atoms with Crippen LogP contribution in [0.4, 0.5) is 5.95 Å². The summed E-state index contributed by atoms with van der Waals surface area (Å²) in [7, 11) is 0. The number of amides is 1. The number of benzene rings is 1. The Morgan fingerprint density at radius 2 is 1.85 bits per heavy atom. The largest absolute Gasteiger partial charge is 0.326 e. The van der Waals surface area contributed by atoms with E-state index in [9.17, 15) is 4.79 Å². The van der Waals surface area contributed by atoms with Crippen LogP contribution in [-0.2, 0) is 17.8 Å². The molecule has 0 bridgehead atoms. The Morgan fingerprint density at radius 1 is 1.15 bits per heavy atom. The molecule has 3 N–H and O–H groups in total. The summed E-state index contributed by atoms with van der Waals surface area (Å²) < 4.78 is 0. The minimum Gasteiger partial charge on any atom is -0.326 e. The minimum atomic E-state index is -0.184. The molecule has 20 heavy (non-hydrogen) atoms. The lowest BCUT2D eigenvalue weighted by atomic mass is 10.0. The fourth-order valence-electron chi connectivity index (χ4n) is 1.78. The third kappa shape index (κ3) is 3.36. The van der Waals surface area contributed by atoms with Gasteiger partial charge in [-0.25, -0.2) is 4.98 Å². The molecule has 0 saturated heterocycles. The lowest BCUT2D eigenvalue weighted by Crippen LogP contribution is -2.18. The van der Waals surface area contributed by atoms with Crippen molar-refractivity contribution in [2.75, 3.05) is 5.32 Å². The van der Waals surface area contributed by atoms with Crippen molar-refractivity contribution in [3.8, 4) is 0 Å². The first-order valence-electron chi connectivity index (χ1n) is 6.34. The second kappa shape index (κ2) is 6.21. The van der Waals surface area contributed by atoms with Crippen molar-refractivity contribution in [3.63, 3.8) is 0 Å². The van der Waals surface area contributed by atoms with Gasteiger partial charge < -0.3 is 5.73 Å². The first-order chi connectivity index (χ1) is 9.60. The summed E-state index contributed by atoms with van der Waals surface area (Å²) in [6, 6.07) is 7.59. The Kier molecular flexibility index (Phi) is 4.37. The fraction of sp³-hybridized carbons (Fsp3) is 0.286. The van der Waals surface area contributed by atoms with Gasteiger partial charge in [-0.05, 0) is 25.0 Å². The van der Waals surface area contributed by atoms with Crippen LogP contribution in [0, 0.1) is 13.8 Å². The molecule has 0 aliphatic heterocycles. The zero-order valence-corrected chi connectivity index (χ0v) is 11.6. The van der Waals surface area contributed by atoms with Gasteiger partial charge in [0.15, 0.2) is 0 Å². The predicted octanol–water partition coefficient (Wildman–Crippen LogP) is 1.13. The molecule has 6 nitrogen and oxygen atoms in total. The van der Waals surface area contributed by atoms with Gasteiger partial charge in [-0.1, -0.05) is 24.3 Å². The summed E-state index contributed by atoms with van der Waals surface area (Å²) in [4.78, 5) is 16.2.